The van der Waals surface area contributed by atoms with Crippen molar-refractivity contribution in [2.75, 3.05) is 0 Å². The number of hydrogen-bond donors (Lipinski definition) is 0. The number of hydrogen-bond acceptors (Lipinski definition) is 0. The Bertz CT molecular complexity index is 9150. The molecule has 0 unspecified atom stereocenters. The summed E-state index contributed by atoms with van der Waals surface area (Å²) in [7, 11) is 0. The quantitative estimate of drug-likeness (QED) is 0.0998. The predicted octanol–water partition coefficient (Wildman–Crippen LogP) is 37.4. The summed E-state index contributed by atoms with van der Waals surface area (Å²) in [5, 5.41) is 38.3. The van der Waals surface area contributed by atoms with Crippen molar-refractivity contribution < 1.29 is 0 Å². The molecular weight excluding hydrogens is 1590 g/mol. The van der Waals surface area contributed by atoms with E-state index >= 15 is 0 Å². The van der Waals surface area contributed by atoms with Crippen molar-refractivity contribution in [2.24, 2.45) is 0 Å². The molecule has 27 aromatic carbocycles. The molecule has 0 atom stereocenters. The lowest BCUT2D eigenvalue weighted by molar-refractivity contribution is 1.63. The highest BCUT2D eigenvalue weighted by Crippen LogP contribution is 2.52. The maximum atomic E-state index is 2.39. The van der Waals surface area contributed by atoms with Crippen LogP contribution in [0.4, 0.5) is 0 Å². The molecular formula is C132H84. The molecule has 0 saturated heterocycles. The zero-order valence-corrected chi connectivity index (χ0v) is 72.5. The van der Waals surface area contributed by atoms with Gasteiger partial charge in [-0.3, -0.25) is 0 Å². The van der Waals surface area contributed by atoms with Crippen LogP contribution in [0.1, 0.15) is 0 Å². The van der Waals surface area contributed by atoms with E-state index < -0.39 is 0 Å². The largest absolute Gasteiger partial charge is 0.0616 e. The summed E-state index contributed by atoms with van der Waals surface area (Å²) in [5.41, 5.74) is 22.7. The van der Waals surface area contributed by atoms with E-state index in [1.54, 1.807) is 0 Å². The molecule has 0 nitrogen and oxygen atoms in total. The van der Waals surface area contributed by atoms with E-state index in [1.807, 2.05) is 0 Å². The summed E-state index contributed by atoms with van der Waals surface area (Å²) in [6, 6.07) is 187. The molecule has 0 aliphatic heterocycles. The third kappa shape index (κ3) is 13.3. The van der Waals surface area contributed by atoms with E-state index in [4.69, 9.17) is 0 Å². The Hall–Kier alpha value is -17.2. The first-order valence-corrected chi connectivity index (χ1v) is 45.8. The van der Waals surface area contributed by atoms with Crippen LogP contribution in [0, 0.1) is 0 Å². The molecule has 0 aliphatic rings. The lowest BCUT2D eigenvalue weighted by atomic mass is 9.83. The lowest BCUT2D eigenvalue weighted by Gasteiger charge is -2.19. The summed E-state index contributed by atoms with van der Waals surface area (Å²) >= 11 is 0. The van der Waals surface area contributed by atoms with Crippen LogP contribution in [-0.2, 0) is 0 Å². The second-order valence-corrected chi connectivity index (χ2v) is 35.0. The molecule has 0 aliphatic carbocycles. The molecule has 612 valence electrons. The summed E-state index contributed by atoms with van der Waals surface area (Å²) in [5.74, 6) is 0. The molecule has 132 heavy (non-hydrogen) atoms. The van der Waals surface area contributed by atoms with E-state index in [0.717, 1.165) is 0 Å². The van der Waals surface area contributed by atoms with E-state index in [9.17, 15) is 0 Å². The molecule has 0 saturated carbocycles. The van der Waals surface area contributed by atoms with Gasteiger partial charge in [-0.15, -0.1) is 0 Å². The first-order valence-electron chi connectivity index (χ1n) is 45.8. The van der Waals surface area contributed by atoms with Gasteiger partial charge in [0.2, 0.25) is 0 Å². The van der Waals surface area contributed by atoms with Gasteiger partial charge < -0.3 is 0 Å². The van der Waals surface area contributed by atoms with Gasteiger partial charge in [0, 0.05) is 0 Å². The second kappa shape index (κ2) is 32.6. The highest BCUT2D eigenvalue weighted by atomic mass is 14.3. The van der Waals surface area contributed by atoms with Gasteiger partial charge in [-0.2, -0.15) is 0 Å². The summed E-state index contributed by atoms with van der Waals surface area (Å²) in [4.78, 5) is 0. The molecule has 0 amide bonds. The van der Waals surface area contributed by atoms with Gasteiger partial charge in [0.25, 0.3) is 0 Å². The van der Waals surface area contributed by atoms with Gasteiger partial charge >= 0.3 is 0 Å². The number of rotatable bonds is 9. The fourth-order valence-corrected chi connectivity index (χ4v) is 21.7. The first kappa shape index (κ1) is 77.2. The SMILES string of the molecule is c1cc(-c2c3ccccc3c(-c3ccc4ccccc4c3)c3ccccc23)cc(-c2cc3ccccc3c3ccccc23)c1.c1ccc2c(-c3ccc(-c4c5ccccc5c(-c5cc6ccccc6c6ccccc56)c5ccccc45)cc3)cccc2c1.c1ccc2cc(-c3ccc(-c4c5ccccc5c(-c5cc6ccccc6c6ccccc56)c5ccccc45)cc3)ccc2c1. The highest BCUT2D eigenvalue weighted by Gasteiger charge is 2.24. The number of benzene rings is 27. The summed E-state index contributed by atoms with van der Waals surface area (Å²) < 4.78 is 0. The smallest absolute Gasteiger partial charge is 0.00199 e. The topological polar surface area (TPSA) is 0 Å². The Morgan fingerprint density at radius 1 is 0.0758 bits per heavy atom. The van der Waals surface area contributed by atoms with Crippen molar-refractivity contribution in [3.05, 3.63) is 510 Å². The van der Waals surface area contributed by atoms with Gasteiger partial charge in [0.1, 0.15) is 0 Å². The maximum Gasteiger partial charge on any atom is -0.00199 e. The van der Waals surface area contributed by atoms with Crippen LogP contribution in [0.5, 0.6) is 0 Å². The zero-order chi connectivity index (χ0) is 87.1. The second-order valence-electron chi connectivity index (χ2n) is 35.0. The van der Waals surface area contributed by atoms with Gasteiger partial charge in [0.15, 0.2) is 0 Å². The molecule has 0 bridgehead atoms. The maximum absolute atomic E-state index is 2.39. The van der Waals surface area contributed by atoms with Crippen molar-refractivity contribution in [2.45, 2.75) is 0 Å². The molecule has 0 spiro atoms. The minimum atomic E-state index is 1.23. The van der Waals surface area contributed by atoms with Crippen molar-refractivity contribution in [3.8, 4) is 100 Å². The van der Waals surface area contributed by atoms with Crippen LogP contribution in [0.25, 0.3) is 262 Å². The van der Waals surface area contributed by atoms with Crippen LogP contribution < -0.4 is 0 Å². The third-order valence-corrected chi connectivity index (χ3v) is 27.7. The van der Waals surface area contributed by atoms with Crippen LogP contribution >= 0.6 is 0 Å². The van der Waals surface area contributed by atoms with Crippen molar-refractivity contribution >= 4 is 162 Å². The van der Waals surface area contributed by atoms with Crippen LogP contribution in [0.2, 0.25) is 0 Å². The molecule has 27 aromatic rings. The van der Waals surface area contributed by atoms with Gasteiger partial charge in [-0.05, 0) is 298 Å². The van der Waals surface area contributed by atoms with Crippen LogP contribution in [0.3, 0.4) is 0 Å². The van der Waals surface area contributed by atoms with Gasteiger partial charge in [-0.25, -0.2) is 0 Å². The monoisotopic (exact) mass is 1670 g/mol. The predicted molar refractivity (Wildman–Crippen MR) is 571 cm³/mol. The average Bonchev–Trinajstić information content (AvgIpc) is 0.727. The van der Waals surface area contributed by atoms with E-state index in [2.05, 4.69) is 510 Å². The minimum Gasteiger partial charge on any atom is -0.0616 e. The lowest BCUT2D eigenvalue weighted by Crippen LogP contribution is -1.92. The van der Waals surface area contributed by atoms with Crippen molar-refractivity contribution in [3.63, 3.8) is 0 Å². The molecule has 0 radical (unpaired) electrons. The fourth-order valence-electron chi connectivity index (χ4n) is 21.7. The van der Waals surface area contributed by atoms with Crippen molar-refractivity contribution in [1.82, 2.24) is 0 Å². The van der Waals surface area contributed by atoms with E-state index in [1.165, 1.54) is 262 Å². The third-order valence-electron chi connectivity index (χ3n) is 27.7. The van der Waals surface area contributed by atoms with E-state index in [-0.39, 0.29) is 0 Å². The van der Waals surface area contributed by atoms with Gasteiger partial charge in [0.05, 0.1) is 0 Å². The van der Waals surface area contributed by atoms with Crippen LogP contribution in [0.15, 0.2) is 510 Å². The summed E-state index contributed by atoms with van der Waals surface area (Å²) in [6.45, 7) is 0. The standard InChI is InChI=1S/3C44H28/c1-3-15-33-29(12-1)14-11-23-34(33)30-24-26-31(27-25-30)43-38-19-7-9-21-40(38)44(41-22-10-8-20-39(41)43)42-28-32-13-2-4-16-35(32)36-17-5-6-18-37(36)42;1-2-13-30-26-34(25-24-29(30)12-1)44-40-22-9-7-20-38(40)43(39-21-8-10-23-41(39)44)33-16-11-15-31(27-33)42-28-32-14-3-4-17-35(32)36-18-5-6-19-37(36)42;1-2-12-32-27-33(26-23-29(32)11-1)30-21-24-31(25-22-30)43-38-17-7-9-19-40(38)44(41-20-10-8-18-39(41)43)42-28-34-13-3-4-14-35(34)36-15-5-6-16-37(36)42/h3*1-28H. The Morgan fingerprint density at radius 2 is 0.311 bits per heavy atom. The molecule has 0 aromatic heterocycles. The highest BCUT2D eigenvalue weighted by molar-refractivity contribution is 6.29. The van der Waals surface area contributed by atoms with Crippen molar-refractivity contribution in [1.29, 1.82) is 0 Å². The first-order chi connectivity index (χ1) is 65.5. The normalized spacial score (nSPS) is 11.6. The molecule has 0 N–H and O–H groups in total. The van der Waals surface area contributed by atoms with Crippen LogP contribution in [-0.4, -0.2) is 0 Å². The Labute approximate surface area is 765 Å². The molecule has 27 rings (SSSR count). The average molecular weight is 1670 g/mol. The molecule has 0 fully saturated rings. The molecule has 0 heteroatoms. The number of fused-ring (bicyclic) bond motifs is 18. The summed E-state index contributed by atoms with van der Waals surface area (Å²) in [6.07, 6.45) is 0. The zero-order valence-electron chi connectivity index (χ0n) is 72.5. The fraction of sp³-hybridized carbons (Fsp3) is 0. The van der Waals surface area contributed by atoms with E-state index in [0.29, 0.717) is 0 Å². The molecule has 0 heterocycles. The Kier molecular flexibility index (Phi) is 19.1. The Balaban J connectivity index is 0.000000106. The van der Waals surface area contributed by atoms with Gasteiger partial charge in [-0.1, -0.05) is 473 Å². The Morgan fingerprint density at radius 3 is 0.705 bits per heavy atom. The minimum absolute atomic E-state index is 1.23.